The molecule has 0 radical (unpaired) electrons. The molecule has 3 rings (SSSR count). The minimum Gasteiger partial charge on any atom is -0.379 e. The average molecular weight is 475 g/mol. The van der Waals surface area contributed by atoms with E-state index in [1.807, 2.05) is 11.9 Å². The minimum absolute atomic E-state index is 0.127. The van der Waals surface area contributed by atoms with E-state index in [1.165, 1.54) is 13.0 Å². The first-order chi connectivity index (χ1) is 16.1. The quantitative estimate of drug-likeness (QED) is 0.481. The van der Waals surface area contributed by atoms with Crippen molar-refractivity contribution in [2.45, 2.75) is 31.7 Å². The molecule has 0 saturated carbocycles. The van der Waals surface area contributed by atoms with Gasteiger partial charge in [-0.05, 0) is 44.5 Å². The molecule has 0 spiro atoms. The van der Waals surface area contributed by atoms with Gasteiger partial charge in [-0.2, -0.15) is 13.2 Å². The van der Waals surface area contributed by atoms with E-state index >= 15 is 0 Å². The van der Waals surface area contributed by atoms with Gasteiger partial charge in [-0.1, -0.05) is 30.7 Å². The van der Waals surface area contributed by atoms with Crippen molar-refractivity contribution in [3.63, 3.8) is 0 Å². The third-order valence-electron chi connectivity index (χ3n) is 5.52. The van der Waals surface area contributed by atoms with Crippen LogP contribution >= 0.6 is 0 Å². The fraction of sp³-hybridized carbons (Fsp3) is 0.360. The van der Waals surface area contributed by atoms with E-state index in [0.717, 1.165) is 0 Å². The highest BCUT2D eigenvalue weighted by Crippen LogP contribution is 2.37. The van der Waals surface area contributed by atoms with E-state index < -0.39 is 29.9 Å². The first-order valence-electron chi connectivity index (χ1n) is 10.8. The van der Waals surface area contributed by atoms with Gasteiger partial charge in [0.1, 0.15) is 6.17 Å². The van der Waals surface area contributed by atoms with Crippen LogP contribution in [-0.4, -0.2) is 60.9 Å². The van der Waals surface area contributed by atoms with Gasteiger partial charge in [0.2, 0.25) is 0 Å². The Kier molecular flexibility index (Phi) is 7.94. The number of likely N-dealkylation sites (tertiary alicyclic amines) is 1. The topological polar surface area (TPSA) is 57.3 Å². The SMILES string of the molecule is C=C(c1nc(/C=C/CNC(=O)C#CC)cc2c(N[C@@H]3CCN(C)C[C@@H]3F)cccc12)C(F)(F)F. The number of hydrogen-bond donors (Lipinski definition) is 2. The number of nitrogens with zero attached hydrogens (tertiary/aromatic N) is 2. The van der Waals surface area contributed by atoms with Crippen molar-refractivity contribution in [1.29, 1.82) is 0 Å². The molecule has 1 aromatic carbocycles. The smallest absolute Gasteiger partial charge is 0.379 e. The van der Waals surface area contributed by atoms with Crippen LogP contribution in [0.15, 0.2) is 36.9 Å². The molecule has 1 saturated heterocycles. The van der Waals surface area contributed by atoms with E-state index in [1.54, 1.807) is 30.3 Å². The number of hydrogen-bond acceptors (Lipinski definition) is 4. The third kappa shape index (κ3) is 6.14. The van der Waals surface area contributed by atoms with Crippen LogP contribution in [0.2, 0.25) is 0 Å². The van der Waals surface area contributed by atoms with E-state index in [4.69, 9.17) is 0 Å². The predicted octanol–water partition coefficient (Wildman–Crippen LogP) is 4.42. The Morgan fingerprint density at radius 2 is 2.12 bits per heavy atom. The number of halogens is 4. The molecule has 1 fully saturated rings. The fourth-order valence-corrected chi connectivity index (χ4v) is 3.78. The number of benzene rings is 1. The molecule has 2 atom stereocenters. The first-order valence-corrected chi connectivity index (χ1v) is 10.8. The van der Waals surface area contributed by atoms with E-state index in [0.29, 0.717) is 24.0 Å². The Bertz CT molecular complexity index is 1160. The molecular weight excluding hydrogens is 448 g/mol. The second-order valence-electron chi connectivity index (χ2n) is 8.08. The molecule has 1 aliphatic heterocycles. The molecule has 2 N–H and O–H groups in total. The number of alkyl halides is 4. The molecule has 180 valence electrons. The van der Waals surface area contributed by atoms with E-state index in [2.05, 4.69) is 34.0 Å². The van der Waals surface area contributed by atoms with Crippen molar-refractivity contribution < 1.29 is 22.4 Å². The number of fused-ring (bicyclic) bond motifs is 1. The Morgan fingerprint density at radius 3 is 2.79 bits per heavy atom. The van der Waals surface area contributed by atoms with Crippen LogP contribution in [0.4, 0.5) is 23.2 Å². The predicted molar refractivity (Wildman–Crippen MR) is 127 cm³/mol. The lowest BCUT2D eigenvalue weighted by molar-refractivity contribution is -0.115. The molecule has 1 aromatic heterocycles. The zero-order valence-corrected chi connectivity index (χ0v) is 19.0. The summed E-state index contributed by atoms with van der Waals surface area (Å²) >= 11 is 0. The standard InChI is InChI=1S/C25H26F4N4O/c1-4-7-23(34)30-12-6-8-17-14-19-18(24(31-17)16(2)25(27,28)29)9-5-10-21(19)32-22-11-13-33(3)15-20(22)26/h5-6,8-10,14,20,22,32H,2,11-13,15H2,1,3H3,(H,30,34)/b8-6+/t20-,22+/m0/s1. The average Bonchev–Trinajstić information content (AvgIpc) is 2.77. The Balaban J connectivity index is 2.00. The lowest BCUT2D eigenvalue weighted by Gasteiger charge is -2.33. The Morgan fingerprint density at radius 1 is 1.35 bits per heavy atom. The summed E-state index contributed by atoms with van der Waals surface area (Å²) in [7, 11) is 1.84. The second kappa shape index (κ2) is 10.7. The molecule has 9 heteroatoms. The number of carbonyl (C=O) groups excluding carboxylic acids is 1. The first kappa shape index (κ1) is 25.2. The zero-order valence-electron chi connectivity index (χ0n) is 19.0. The minimum atomic E-state index is -4.67. The van der Waals surface area contributed by atoms with Gasteiger partial charge in [0.15, 0.2) is 0 Å². The van der Waals surface area contributed by atoms with Crippen LogP contribution in [0.3, 0.4) is 0 Å². The summed E-state index contributed by atoms with van der Waals surface area (Å²) in [5.74, 6) is 4.34. The summed E-state index contributed by atoms with van der Waals surface area (Å²) in [5, 5.41) is 6.47. The summed E-state index contributed by atoms with van der Waals surface area (Å²) in [6.07, 6.45) is -2.15. The number of amides is 1. The number of aromatic nitrogens is 1. The molecule has 1 amide bonds. The highest BCUT2D eigenvalue weighted by molar-refractivity contribution is 6.01. The largest absolute Gasteiger partial charge is 0.417 e. The molecule has 34 heavy (non-hydrogen) atoms. The number of carbonyl (C=O) groups is 1. The lowest BCUT2D eigenvalue weighted by Crippen LogP contribution is -2.46. The van der Waals surface area contributed by atoms with Crippen LogP contribution in [-0.2, 0) is 4.79 Å². The summed E-state index contributed by atoms with van der Waals surface area (Å²) < 4.78 is 55.2. The number of allylic oxidation sites excluding steroid dienone is 1. The second-order valence-corrected chi connectivity index (χ2v) is 8.08. The van der Waals surface area contributed by atoms with Crippen molar-refractivity contribution in [3.05, 3.63) is 48.3 Å². The summed E-state index contributed by atoms with van der Waals surface area (Å²) in [4.78, 5) is 17.5. The van der Waals surface area contributed by atoms with Crippen LogP contribution in [0.1, 0.15) is 24.7 Å². The molecule has 0 aliphatic carbocycles. The molecule has 0 unspecified atom stereocenters. The van der Waals surface area contributed by atoms with Crippen LogP contribution in [0.25, 0.3) is 22.4 Å². The molecule has 5 nitrogen and oxygen atoms in total. The number of pyridine rings is 1. The zero-order chi connectivity index (χ0) is 24.9. The molecule has 0 bridgehead atoms. The van der Waals surface area contributed by atoms with Crippen LogP contribution in [0, 0.1) is 11.8 Å². The van der Waals surface area contributed by atoms with Gasteiger partial charge >= 0.3 is 6.18 Å². The van der Waals surface area contributed by atoms with Gasteiger partial charge in [-0.15, -0.1) is 0 Å². The normalized spacial score (nSPS) is 19.0. The van der Waals surface area contributed by atoms with Crippen molar-refractivity contribution in [2.24, 2.45) is 0 Å². The Labute approximate surface area is 195 Å². The Hall–Kier alpha value is -3.38. The maximum atomic E-state index is 14.6. The lowest BCUT2D eigenvalue weighted by atomic mass is 9.99. The van der Waals surface area contributed by atoms with E-state index in [9.17, 15) is 22.4 Å². The van der Waals surface area contributed by atoms with Gasteiger partial charge < -0.3 is 15.5 Å². The number of rotatable bonds is 6. The molecular formula is C25H26F4N4O. The monoisotopic (exact) mass is 474 g/mol. The molecule has 2 heterocycles. The summed E-state index contributed by atoms with van der Waals surface area (Å²) in [5.41, 5.74) is -0.596. The number of nitrogens with one attached hydrogen (secondary N) is 2. The van der Waals surface area contributed by atoms with Crippen LogP contribution in [0.5, 0.6) is 0 Å². The molecule has 1 aliphatic rings. The summed E-state index contributed by atoms with van der Waals surface area (Å²) in [6, 6.07) is 6.04. The van der Waals surface area contributed by atoms with Gasteiger partial charge in [-0.25, -0.2) is 9.37 Å². The van der Waals surface area contributed by atoms with Crippen molar-refractivity contribution in [2.75, 3.05) is 32.0 Å². The van der Waals surface area contributed by atoms with Gasteiger partial charge in [-0.3, -0.25) is 4.79 Å². The van der Waals surface area contributed by atoms with Gasteiger partial charge in [0.25, 0.3) is 5.91 Å². The summed E-state index contributed by atoms with van der Waals surface area (Å²) in [6.45, 7) is 5.87. The maximum Gasteiger partial charge on any atom is 0.417 e. The van der Waals surface area contributed by atoms with E-state index in [-0.39, 0.29) is 29.9 Å². The number of piperidine rings is 1. The van der Waals surface area contributed by atoms with Crippen LogP contribution < -0.4 is 10.6 Å². The maximum absolute atomic E-state index is 14.6. The van der Waals surface area contributed by atoms with Gasteiger partial charge in [0.05, 0.1) is 23.0 Å². The third-order valence-corrected chi connectivity index (χ3v) is 5.52. The highest BCUT2D eigenvalue weighted by atomic mass is 19.4. The number of anilines is 1. The van der Waals surface area contributed by atoms with Crippen molar-refractivity contribution >= 4 is 34.0 Å². The van der Waals surface area contributed by atoms with Crippen molar-refractivity contribution in [1.82, 2.24) is 15.2 Å². The van der Waals surface area contributed by atoms with Crippen molar-refractivity contribution in [3.8, 4) is 11.8 Å². The molecule has 2 aromatic rings. The highest BCUT2D eigenvalue weighted by Gasteiger charge is 2.35. The van der Waals surface area contributed by atoms with Gasteiger partial charge in [0, 0.05) is 36.1 Å². The fourth-order valence-electron chi connectivity index (χ4n) is 3.78.